The molecule has 1 aromatic heterocycles. The molecule has 2 rings (SSSR count). The molecule has 0 fully saturated rings. The van der Waals surface area contributed by atoms with E-state index in [1.165, 1.54) is 24.5 Å². The Morgan fingerprint density at radius 1 is 1.56 bits per heavy atom. The molecule has 0 saturated heterocycles. The van der Waals surface area contributed by atoms with Crippen molar-refractivity contribution in [1.29, 1.82) is 0 Å². The van der Waals surface area contributed by atoms with Gasteiger partial charge < -0.3 is 9.84 Å². The number of carbonyl (C=O) groups is 1. The van der Waals surface area contributed by atoms with Crippen molar-refractivity contribution < 1.29 is 19.6 Å². The number of aliphatic carboxylic acids is 1. The van der Waals surface area contributed by atoms with Crippen molar-refractivity contribution in [2.75, 3.05) is 12.0 Å². The molecule has 0 aliphatic rings. The number of pyridine rings is 1. The molecule has 0 bridgehead atoms. The first-order chi connectivity index (χ1) is 11.9. The highest BCUT2D eigenvalue weighted by Gasteiger charge is 2.14. The number of ether oxygens (including phenoxy) is 1. The van der Waals surface area contributed by atoms with Gasteiger partial charge in [-0.3, -0.25) is 15.5 Å². The van der Waals surface area contributed by atoms with Crippen LogP contribution in [0.15, 0.2) is 40.0 Å². The second kappa shape index (κ2) is 8.71. The maximum Gasteiger partial charge on any atom is 0.341 e. The van der Waals surface area contributed by atoms with Gasteiger partial charge >= 0.3 is 11.7 Å². The molecule has 0 spiro atoms. The summed E-state index contributed by atoms with van der Waals surface area (Å²) in [5.41, 5.74) is 2.78. The van der Waals surface area contributed by atoms with Crippen LogP contribution in [-0.4, -0.2) is 33.8 Å². The first kappa shape index (κ1) is 19.1. The smallest absolute Gasteiger partial charge is 0.341 e. The summed E-state index contributed by atoms with van der Waals surface area (Å²) < 4.78 is 6.68. The van der Waals surface area contributed by atoms with Crippen LogP contribution in [0.2, 0.25) is 0 Å². The van der Waals surface area contributed by atoms with Crippen LogP contribution in [0.3, 0.4) is 0 Å². The first-order valence-electron chi connectivity index (χ1n) is 6.60. The minimum Gasteiger partial charge on any atom is -0.480 e. The molecule has 0 radical (unpaired) electrons. The standard InChI is InChI=1S/C14H10BrIN4O5/c15-10-5-9(16)4-8(13(10)25-7-12(21)22)6-18-19-14-11(20(23)24)2-1-3-17-14/h1-6H,7H2,(H,17,19)(H,21,22)/b18-6-. The summed E-state index contributed by atoms with van der Waals surface area (Å²) in [5.74, 6) is -0.832. The fourth-order valence-corrected chi connectivity index (χ4v) is 3.42. The highest BCUT2D eigenvalue weighted by Crippen LogP contribution is 2.30. The Kier molecular flexibility index (Phi) is 6.64. The summed E-state index contributed by atoms with van der Waals surface area (Å²) in [4.78, 5) is 24.9. The van der Waals surface area contributed by atoms with Crippen LogP contribution in [0.5, 0.6) is 5.75 Å². The van der Waals surface area contributed by atoms with Crippen LogP contribution in [-0.2, 0) is 4.79 Å². The van der Waals surface area contributed by atoms with Crippen molar-refractivity contribution in [2.24, 2.45) is 5.10 Å². The number of carboxylic acid groups (broad SMARTS) is 1. The summed E-state index contributed by atoms with van der Waals surface area (Å²) in [6.07, 6.45) is 2.76. The van der Waals surface area contributed by atoms with Crippen LogP contribution in [0.25, 0.3) is 0 Å². The Bertz CT molecular complexity index is 846. The van der Waals surface area contributed by atoms with Gasteiger partial charge in [-0.05, 0) is 56.7 Å². The number of benzene rings is 1. The zero-order chi connectivity index (χ0) is 18.4. The van der Waals surface area contributed by atoms with E-state index in [-0.39, 0.29) is 11.5 Å². The number of hydrazone groups is 1. The Balaban J connectivity index is 2.26. The van der Waals surface area contributed by atoms with Crippen LogP contribution in [0.4, 0.5) is 11.5 Å². The maximum absolute atomic E-state index is 10.9. The lowest BCUT2D eigenvalue weighted by Crippen LogP contribution is -2.11. The third-order valence-electron chi connectivity index (χ3n) is 2.73. The van der Waals surface area contributed by atoms with Crippen molar-refractivity contribution in [3.05, 3.63) is 54.2 Å². The summed E-state index contributed by atoms with van der Waals surface area (Å²) in [5, 5.41) is 23.6. The molecule has 2 aromatic rings. The van der Waals surface area contributed by atoms with Gasteiger partial charge in [-0.25, -0.2) is 9.78 Å². The second-order valence-corrected chi connectivity index (χ2v) is 6.59. The number of halogens is 2. The molecule has 130 valence electrons. The number of carboxylic acids is 1. The summed E-state index contributed by atoms with van der Waals surface area (Å²) in [7, 11) is 0. The van der Waals surface area contributed by atoms with Gasteiger partial charge in [0.05, 0.1) is 15.6 Å². The SMILES string of the molecule is O=C(O)COc1c(Br)cc(I)cc1/C=N\Nc1ncccc1[N+](=O)[O-]. The van der Waals surface area contributed by atoms with Gasteiger partial charge in [0.15, 0.2) is 6.61 Å². The van der Waals surface area contributed by atoms with Crippen LogP contribution < -0.4 is 10.2 Å². The van der Waals surface area contributed by atoms with Gasteiger partial charge in [0.25, 0.3) is 0 Å². The third-order valence-corrected chi connectivity index (χ3v) is 3.95. The molecule has 11 heteroatoms. The monoisotopic (exact) mass is 520 g/mol. The number of aromatic nitrogens is 1. The minimum atomic E-state index is -1.12. The largest absolute Gasteiger partial charge is 0.480 e. The van der Waals surface area contributed by atoms with E-state index >= 15 is 0 Å². The number of hydrogen-bond acceptors (Lipinski definition) is 7. The zero-order valence-corrected chi connectivity index (χ0v) is 16.1. The van der Waals surface area contributed by atoms with Crippen LogP contribution >= 0.6 is 38.5 Å². The lowest BCUT2D eigenvalue weighted by atomic mass is 10.2. The zero-order valence-electron chi connectivity index (χ0n) is 12.3. The average Bonchev–Trinajstić information content (AvgIpc) is 2.54. The maximum atomic E-state index is 10.9. The van der Waals surface area contributed by atoms with Gasteiger partial charge in [0.1, 0.15) is 5.75 Å². The van der Waals surface area contributed by atoms with E-state index in [0.717, 1.165) is 3.57 Å². The second-order valence-electron chi connectivity index (χ2n) is 4.49. The van der Waals surface area contributed by atoms with Gasteiger partial charge in [-0.15, -0.1) is 0 Å². The van der Waals surface area contributed by atoms with E-state index < -0.39 is 17.5 Å². The number of nitro groups is 1. The Morgan fingerprint density at radius 3 is 3.00 bits per heavy atom. The fourth-order valence-electron chi connectivity index (χ4n) is 1.76. The Labute approximate surface area is 163 Å². The normalized spacial score (nSPS) is 10.6. The van der Waals surface area contributed by atoms with Crippen molar-refractivity contribution in [3.8, 4) is 5.75 Å². The molecule has 9 nitrogen and oxygen atoms in total. The molecular formula is C14H10BrIN4O5. The highest BCUT2D eigenvalue weighted by atomic mass is 127. The van der Waals surface area contributed by atoms with Crippen LogP contribution in [0.1, 0.15) is 5.56 Å². The Hall–Kier alpha value is -2.28. The summed E-state index contributed by atoms with van der Waals surface area (Å²) in [6, 6.07) is 6.22. The molecule has 0 unspecified atom stereocenters. The van der Waals surface area contributed by atoms with Crippen molar-refractivity contribution >= 4 is 62.2 Å². The van der Waals surface area contributed by atoms with Gasteiger partial charge in [-0.2, -0.15) is 5.10 Å². The number of rotatable bonds is 7. The van der Waals surface area contributed by atoms with Crippen molar-refractivity contribution in [1.82, 2.24) is 4.98 Å². The Morgan fingerprint density at radius 2 is 2.32 bits per heavy atom. The van der Waals surface area contributed by atoms with E-state index in [9.17, 15) is 14.9 Å². The molecule has 0 amide bonds. The molecular weight excluding hydrogens is 511 g/mol. The van der Waals surface area contributed by atoms with E-state index in [1.54, 1.807) is 12.1 Å². The fraction of sp³-hybridized carbons (Fsp3) is 0.0714. The van der Waals surface area contributed by atoms with E-state index in [0.29, 0.717) is 15.8 Å². The number of nitrogens with one attached hydrogen (secondary N) is 1. The van der Waals surface area contributed by atoms with Gasteiger partial charge in [0, 0.05) is 21.4 Å². The molecule has 0 aliphatic carbocycles. The van der Waals surface area contributed by atoms with E-state index in [2.05, 4.69) is 54.0 Å². The topological polar surface area (TPSA) is 127 Å². The van der Waals surface area contributed by atoms with Gasteiger partial charge in [-0.1, -0.05) is 0 Å². The molecule has 0 atom stereocenters. The van der Waals surface area contributed by atoms with Crippen molar-refractivity contribution in [3.63, 3.8) is 0 Å². The molecule has 2 N–H and O–H groups in total. The van der Waals surface area contributed by atoms with Crippen molar-refractivity contribution in [2.45, 2.75) is 0 Å². The third kappa shape index (κ3) is 5.35. The summed E-state index contributed by atoms with van der Waals surface area (Å²) in [6.45, 7) is -0.515. The molecule has 0 aliphatic heterocycles. The summed E-state index contributed by atoms with van der Waals surface area (Å²) >= 11 is 5.39. The number of nitrogens with zero attached hydrogens (tertiary/aromatic N) is 3. The predicted molar refractivity (Wildman–Crippen MR) is 102 cm³/mol. The van der Waals surface area contributed by atoms with E-state index in [1.807, 2.05) is 0 Å². The molecule has 25 heavy (non-hydrogen) atoms. The first-order valence-corrected chi connectivity index (χ1v) is 8.47. The lowest BCUT2D eigenvalue weighted by Gasteiger charge is -2.10. The van der Waals surface area contributed by atoms with Crippen LogP contribution in [0, 0.1) is 13.7 Å². The lowest BCUT2D eigenvalue weighted by molar-refractivity contribution is -0.384. The average molecular weight is 521 g/mol. The van der Waals surface area contributed by atoms with Gasteiger partial charge in [0.2, 0.25) is 5.82 Å². The predicted octanol–water partition coefficient (Wildman–Crippen LogP) is 3.27. The van der Waals surface area contributed by atoms with E-state index in [4.69, 9.17) is 9.84 Å². The molecule has 1 aromatic carbocycles. The number of hydrogen-bond donors (Lipinski definition) is 2. The molecule has 0 saturated carbocycles. The number of anilines is 1. The highest BCUT2D eigenvalue weighted by molar-refractivity contribution is 14.1. The molecule has 1 heterocycles. The minimum absolute atomic E-state index is 0.0125. The quantitative estimate of drug-likeness (QED) is 0.248.